The van der Waals surface area contributed by atoms with Crippen LogP contribution in [0.5, 0.6) is 0 Å². The van der Waals surface area contributed by atoms with Gasteiger partial charge < -0.3 is 10.6 Å². The largest absolute Gasteiger partial charge is 0.357 e. The number of hydrogen-bond acceptors (Lipinski definition) is 5. The first kappa shape index (κ1) is 12.6. The Morgan fingerprint density at radius 2 is 2.15 bits per heavy atom. The highest BCUT2D eigenvalue weighted by Crippen LogP contribution is 2.25. The van der Waals surface area contributed by atoms with Crippen molar-refractivity contribution in [2.45, 2.75) is 0 Å². The summed E-state index contributed by atoms with van der Waals surface area (Å²) in [5.41, 5.74) is 1.12. The molecule has 0 atom stereocenters. The molecular formula is C12H10ClFN6. The molecule has 3 N–H and O–H groups in total. The summed E-state index contributed by atoms with van der Waals surface area (Å²) in [4.78, 5) is 8.50. The van der Waals surface area contributed by atoms with E-state index < -0.39 is 5.82 Å². The molecule has 0 spiro atoms. The van der Waals surface area contributed by atoms with Gasteiger partial charge >= 0.3 is 0 Å². The maximum atomic E-state index is 13.4. The van der Waals surface area contributed by atoms with E-state index in [-0.39, 0.29) is 5.02 Å². The van der Waals surface area contributed by atoms with Crippen molar-refractivity contribution in [2.75, 3.05) is 17.7 Å². The van der Waals surface area contributed by atoms with Crippen LogP contribution < -0.4 is 10.6 Å². The van der Waals surface area contributed by atoms with Gasteiger partial charge in [-0.05, 0) is 18.2 Å². The van der Waals surface area contributed by atoms with E-state index in [1.54, 1.807) is 19.3 Å². The molecule has 20 heavy (non-hydrogen) atoms. The van der Waals surface area contributed by atoms with Crippen molar-refractivity contribution in [1.82, 2.24) is 20.2 Å². The van der Waals surface area contributed by atoms with Gasteiger partial charge in [0.2, 0.25) is 5.95 Å². The monoisotopic (exact) mass is 292 g/mol. The van der Waals surface area contributed by atoms with Gasteiger partial charge in [-0.25, -0.2) is 4.39 Å². The second-order valence-corrected chi connectivity index (χ2v) is 4.44. The normalized spacial score (nSPS) is 10.8. The minimum absolute atomic E-state index is 0.0719. The van der Waals surface area contributed by atoms with Crippen molar-refractivity contribution in [3.63, 3.8) is 0 Å². The zero-order valence-electron chi connectivity index (χ0n) is 10.4. The summed E-state index contributed by atoms with van der Waals surface area (Å²) >= 11 is 5.66. The maximum Gasteiger partial charge on any atom is 0.226 e. The number of rotatable bonds is 3. The lowest BCUT2D eigenvalue weighted by Gasteiger charge is -2.08. The molecule has 0 amide bonds. The number of halogens is 2. The third-order valence-corrected chi connectivity index (χ3v) is 3.02. The molecule has 2 heterocycles. The van der Waals surface area contributed by atoms with Crippen molar-refractivity contribution in [3.05, 3.63) is 35.2 Å². The second kappa shape index (κ2) is 4.93. The molecule has 102 valence electrons. The van der Waals surface area contributed by atoms with Gasteiger partial charge in [-0.3, -0.25) is 5.10 Å². The maximum absolute atomic E-state index is 13.4. The van der Waals surface area contributed by atoms with Crippen molar-refractivity contribution in [2.24, 2.45) is 0 Å². The first-order valence-corrected chi connectivity index (χ1v) is 6.16. The van der Waals surface area contributed by atoms with Crippen LogP contribution in [0.2, 0.25) is 5.02 Å². The van der Waals surface area contributed by atoms with Crippen molar-refractivity contribution in [1.29, 1.82) is 0 Å². The Balaban J connectivity index is 2.04. The number of fused-ring (bicyclic) bond motifs is 1. The number of nitrogens with one attached hydrogen (secondary N) is 3. The lowest BCUT2D eigenvalue weighted by Crippen LogP contribution is -2.01. The van der Waals surface area contributed by atoms with Crippen LogP contribution in [-0.2, 0) is 0 Å². The first-order chi connectivity index (χ1) is 9.67. The summed E-state index contributed by atoms with van der Waals surface area (Å²) < 4.78 is 13.4. The van der Waals surface area contributed by atoms with E-state index in [0.29, 0.717) is 28.5 Å². The highest BCUT2D eigenvalue weighted by Gasteiger charge is 2.10. The van der Waals surface area contributed by atoms with E-state index in [2.05, 4.69) is 30.8 Å². The molecule has 1 aromatic carbocycles. The van der Waals surface area contributed by atoms with E-state index in [4.69, 9.17) is 11.6 Å². The molecule has 0 aliphatic heterocycles. The zero-order chi connectivity index (χ0) is 14.1. The standard InChI is InChI=1S/C12H10ClFN6/c1-15-12-18-10(7-5-16-20-11(7)19-12)17-6-2-3-8(13)9(14)4-6/h2-5H,1H3,(H3,15,16,17,18,19,20). The zero-order valence-corrected chi connectivity index (χ0v) is 11.2. The van der Waals surface area contributed by atoms with Crippen LogP contribution in [0.1, 0.15) is 0 Å². The Morgan fingerprint density at radius 1 is 1.30 bits per heavy atom. The Morgan fingerprint density at radius 3 is 2.90 bits per heavy atom. The summed E-state index contributed by atoms with van der Waals surface area (Å²) in [7, 11) is 1.71. The Hall–Kier alpha value is -2.41. The van der Waals surface area contributed by atoms with Crippen LogP contribution in [0.25, 0.3) is 11.0 Å². The minimum atomic E-state index is -0.497. The Kier molecular flexibility index (Phi) is 3.11. The molecule has 3 rings (SSSR count). The van der Waals surface area contributed by atoms with Crippen LogP contribution >= 0.6 is 11.6 Å². The average molecular weight is 293 g/mol. The van der Waals surface area contributed by atoms with Gasteiger partial charge in [0.15, 0.2) is 5.65 Å². The molecule has 2 aromatic heterocycles. The van der Waals surface area contributed by atoms with Crippen LogP contribution in [0.15, 0.2) is 24.4 Å². The molecule has 0 unspecified atom stereocenters. The van der Waals surface area contributed by atoms with Crippen LogP contribution in [0.4, 0.5) is 21.8 Å². The van der Waals surface area contributed by atoms with E-state index in [1.807, 2.05) is 0 Å². The predicted octanol–water partition coefficient (Wildman–Crippen LogP) is 2.93. The minimum Gasteiger partial charge on any atom is -0.357 e. The second-order valence-electron chi connectivity index (χ2n) is 4.03. The highest BCUT2D eigenvalue weighted by molar-refractivity contribution is 6.30. The highest BCUT2D eigenvalue weighted by atomic mass is 35.5. The predicted molar refractivity (Wildman–Crippen MR) is 75.9 cm³/mol. The average Bonchev–Trinajstić information content (AvgIpc) is 2.91. The summed E-state index contributed by atoms with van der Waals surface area (Å²) in [6.07, 6.45) is 1.60. The van der Waals surface area contributed by atoms with Crippen LogP contribution in [0, 0.1) is 5.82 Å². The Bertz CT molecular complexity index is 772. The number of anilines is 3. The molecular weight excluding hydrogens is 283 g/mol. The molecule has 3 aromatic rings. The quantitative estimate of drug-likeness (QED) is 0.692. The molecule has 0 radical (unpaired) electrons. The van der Waals surface area contributed by atoms with Crippen molar-refractivity contribution < 1.29 is 4.39 Å². The topological polar surface area (TPSA) is 78.5 Å². The molecule has 0 saturated heterocycles. The summed E-state index contributed by atoms with van der Waals surface area (Å²) in [6.45, 7) is 0. The van der Waals surface area contributed by atoms with Gasteiger partial charge in [0.25, 0.3) is 0 Å². The molecule has 0 aliphatic rings. The fourth-order valence-electron chi connectivity index (χ4n) is 1.75. The first-order valence-electron chi connectivity index (χ1n) is 5.78. The lowest BCUT2D eigenvalue weighted by atomic mass is 10.3. The number of nitrogens with zero attached hydrogens (tertiary/aromatic N) is 3. The lowest BCUT2D eigenvalue weighted by molar-refractivity contribution is 0.629. The fourth-order valence-corrected chi connectivity index (χ4v) is 1.87. The molecule has 0 bridgehead atoms. The number of benzene rings is 1. The smallest absolute Gasteiger partial charge is 0.226 e. The summed E-state index contributed by atoms with van der Waals surface area (Å²) in [6, 6.07) is 4.44. The van der Waals surface area contributed by atoms with Gasteiger partial charge in [0.05, 0.1) is 16.6 Å². The van der Waals surface area contributed by atoms with E-state index in [1.165, 1.54) is 12.1 Å². The van der Waals surface area contributed by atoms with Gasteiger partial charge in [-0.1, -0.05) is 11.6 Å². The number of H-pyrrole nitrogens is 1. The summed E-state index contributed by atoms with van der Waals surface area (Å²) in [5.74, 6) is 0.455. The third kappa shape index (κ3) is 2.23. The SMILES string of the molecule is CNc1nc(Nc2ccc(Cl)c(F)c2)c2cn[nH]c2n1. The number of aromatic nitrogens is 4. The fraction of sp³-hybridized carbons (Fsp3) is 0.0833. The molecule has 0 aliphatic carbocycles. The molecule has 6 nitrogen and oxygen atoms in total. The molecule has 0 fully saturated rings. The van der Waals surface area contributed by atoms with Gasteiger partial charge in [0, 0.05) is 12.7 Å². The van der Waals surface area contributed by atoms with Gasteiger partial charge in [0.1, 0.15) is 11.6 Å². The van der Waals surface area contributed by atoms with E-state index in [0.717, 1.165) is 0 Å². The van der Waals surface area contributed by atoms with E-state index >= 15 is 0 Å². The molecule has 8 heteroatoms. The van der Waals surface area contributed by atoms with Crippen molar-refractivity contribution >= 4 is 40.1 Å². The van der Waals surface area contributed by atoms with Crippen LogP contribution in [0.3, 0.4) is 0 Å². The Labute approximate surface area is 118 Å². The van der Waals surface area contributed by atoms with Gasteiger partial charge in [-0.2, -0.15) is 15.1 Å². The molecule has 0 saturated carbocycles. The number of aromatic amines is 1. The van der Waals surface area contributed by atoms with Gasteiger partial charge in [-0.15, -0.1) is 0 Å². The van der Waals surface area contributed by atoms with Crippen LogP contribution in [-0.4, -0.2) is 27.2 Å². The van der Waals surface area contributed by atoms with E-state index in [9.17, 15) is 4.39 Å². The third-order valence-electron chi connectivity index (χ3n) is 2.72. The van der Waals surface area contributed by atoms with Crippen molar-refractivity contribution in [3.8, 4) is 0 Å². The number of hydrogen-bond donors (Lipinski definition) is 3. The summed E-state index contributed by atoms with van der Waals surface area (Å²) in [5, 5.41) is 13.3.